The topological polar surface area (TPSA) is 12.0 Å². The number of nitrogens with one attached hydrogen (secondary N) is 1. The van der Waals surface area contributed by atoms with Crippen molar-refractivity contribution < 1.29 is 4.39 Å². The lowest BCUT2D eigenvalue weighted by atomic mass is 10.0. The molecule has 0 unspecified atom stereocenters. The molecule has 0 saturated carbocycles. The second-order valence-electron chi connectivity index (χ2n) is 4.41. The number of hydrogen-bond acceptors (Lipinski definition) is 2. The van der Waals surface area contributed by atoms with Crippen LogP contribution in [0.15, 0.2) is 23.1 Å². The highest BCUT2D eigenvalue weighted by Crippen LogP contribution is 2.27. The number of hydrogen-bond donors (Lipinski definition) is 1. The first kappa shape index (κ1) is 11.9. The SMILES string of the molecule is Cc1cc(F)ccc1SCC1CCNCC1. The Morgan fingerprint density at radius 2 is 2.12 bits per heavy atom. The summed E-state index contributed by atoms with van der Waals surface area (Å²) in [5, 5.41) is 3.37. The molecule has 1 aliphatic heterocycles. The standard InChI is InChI=1S/C13H18FNS/c1-10-8-12(14)2-3-13(10)16-9-11-4-6-15-7-5-11/h2-3,8,11,15H,4-7,9H2,1H3. The van der Waals surface area contributed by atoms with E-state index in [1.165, 1.54) is 17.7 Å². The van der Waals surface area contributed by atoms with Crippen LogP contribution in [-0.2, 0) is 0 Å². The molecular formula is C13H18FNS. The van der Waals surface area contributed by atoms with E-state index in [1.807, 2.05) is 24.8 Å². The predicted molar refractivity (Wildman–Crippen MR) is 67.5 cm³/mol. The molecule has 2 rings (SSSR count). The summed E-state index contributed by atoms with van der Waals surface area (Å²) in [6.07, 6.45) is 2.54. The molecule has 0 atom stereocenters. The van der Waals surface area contributed by atoms with Crippen molar-refractivity contribution in [3.63, 3.8) is 0 Å². The van der Waals surface area contributed by atoms with Crippen LogP contribution in [0.5, 0.6) is 0 Å². The van der Waals surface area contributed by atoms with Gasteiger partial charge in [-0.15, -0.1) is 11.8 Å². The highest BCUT2D eigenvalue weighted by Gasteiger charge is 2.13. The monoisotopic (exact) mass is 239 g/mol. The van der Waals surface area contributed by atoms with Gasteiger partial charge in [-0.05, 0) is 62.5 Å². The van der Waals surface area contributed by atoms with Crippen LogP contribution in [-0.4, -0.2) is 18.8 Å². The maximum absolute atomic E-state index is 12.9. The molecule has 1 aromatic rings. The molecule has 1 heterocycles. The molecule has 0 aliphatic carbocycles. The third kappa shape index (κ3) is 3.22. The highest BCUT2D eigenvalue weighted by molar-refractivity contribution is 7.99. The van der Waals surface area contributed by atoms with E-state index < -0.39 is 0 Å². The van der Waals surface area contributed by atoms with Crippen molar-refractivity contribution in [2.24, 2.45) is 5.92 Å². The van der Waals surface area contributed by atoms with Gasteiger partial charge in [0.15, 0.2) is 0 Å². The molecular weight excluding hydrogens is 221 g/mol. The van der Waals surface area contributed by atoms with Gasteiger partial charge in [0.25, 0.3) is 0 Å². The third-order valence-electron chi connectivity index (χ3n) is 3.07. The van der Waals surface area contributed by atoms with Crippen molar-refractivity contribution in [1.82, 2.24) is 5.32 Å². The van der Waals surface area contributed by atoms with Crippen LogP contribution in [0, 0.1) is 18.7 Å². The number of aryl methyl sites for hydroxylation is 1. The van der Waals surface area contributed by atoms with E-state index in [-0.39, 0.29) is 5.82 Å². The molecule has 0 spiro atoms. The van der Waals surface area contributed by atoms with Gasteiger partial charge < -0.3 is 5.32 Å². The lowest BCUT2D eigenvalue weighted by Crippen LogP contribution is -2.28. The summed E-state index contributed by atoms with van der Waals surface area (Å²) >= 11 is 1.87. The van der Waals surface area contributed by atoms with Crippen molar-refractivity contribution in [3.05, 3.63) is 29.6 Å². The van der Waals surface area contributed by atoms with Crippen LogP contribution in [0.2, 0.25) is 0 Å². The van der Waals surface area contributed by atoms with Gasteiger partial charge in [0.1, 0.15) is 5.82 Å². The number of benzene rings is 1. The van der Waals surface area contributed by atoms with Crippen LogP contribution in [0.1, 0.15) is 18.4 Å². The molecule has 1 fully saturated rings. The fraction of sp³-hybridized carbons (Fsp3) is 0.538. The fourth-order valence-corrected chi connectivity index (χ4v) is 3.23. The van der Waals surface area contributed by atoms with Gasteiger partial charge >= 0.3 is 0 Å². The average molecular weight is 239 g/mol. The van der Waals surface area contributed by atoms with Gasteiger partial charge in [0.05, 0.1) is 0 Å². The minimum Gasteiger partial charge on any atom is -0.317 e. The Balaban J connectivity index is 1.88. The normalized spacial score (nSPS) is 17.6. The van der Waals surface area contributed by atoms with Crippen molar-refractivity contribution in [2.75, 3.05) is 18.8 Å². The fourth-order valence-electron chi connectivity index (χ4n) is 2.03. The smallest absolute Gasteiger partial charge is 0.123 e. The first-order chi connectivity index (χ1) is 7.75. The molecule has 1 nitrogen and oxygen atoms in total. The lowest BCUT2D eigenvalue weighted by molar-refractivity contribution is 0.408. The van der Waals surface area contributed by atoms with Gasteiger partial charge in [-0.25, -0.2) is 4.39 Å². The molecule has 3 heteroatoms. The molecule has 1 aliphatic rings. The number of thioether (sulfide) groups is 1. The summed E-state index contributed by atoms with van der Waals surface area (Å²) in [6, 6.07) is 5.07. The average Bonchev–Trinajstić information content (AvgIpc) is 2.29. The summed E-state index contributed by atoms with van der Waals surface area (Å²) < 4.78 is 12.9. The molecule has 1 saturated heterocycles. The van der Waals surface area contributed by atoms with Crippen molar-refractivity contribution >= 4 is 11.8 Å². The predicted octanol–water partition coefficient (Wildman–Crippen LogP) is 3.23. The Morgan fingerprint density at radius 3 is 2.81 bits per heavy atom. The van der Waals surface area contributed by atoms with E-state index in [9.17, 15) is 4.39 Å². The molecule has 0 aromatic heterocycles. The van der Waals surface area contributed by atoms with Gasteiger partial charge in [0, 0.05) is 10.6 Å². The molecule has 1 aromatic carbocycles. The van der Waals surface area contributed by atoms with Crippen molar-refractivity contribution in [2.45, 2.75) is 24.7 Å². The van der Waals surface area contributed by atoms with E-state index in [4.69, 9.17) is 0 Å². The van der Waals surface area contributed by atoms with E-state index in [1.54, 1.807) is 12.1 Å². The Labute approximate surface area is 101 Å². The molecule has 1 N–H and O–H groups in total. The van der Waals surface area contributed by atoms with Gasteiger partial charge in [-0.3, -0.25) is 0 Å². The zero-order valence-corrected chi connectivity index (χ0v) is 10.4. The zero-order chi connectivity index (χ0) is 11.4. The summed E-state index contributed by atoms with van der Waals surface area (Å²) in [4.78, 5) is 1.22. The summed E-state index contributed by atoms with van der Waals surface area (Å²) in [5.41, 5.74) is 1.05. The first-order valence-electron chi connectivity index (χ1n) is 5.85. The molecule has 88 valence electrons. The maximum atomic E-state index is 12.9. The Kier molecular flexibility index (Phi) is 4.24. The molecule has 0 bridgehead atoms. The lowest BCUT2D eigenvalue weighted by Gasteiger charge is -2.22. The minimum atomic E-state index is -0.135. The van der Waals surface area contributed by atoms with Crippen LogP contribution >= 0.6 is 11.8 Å². The van der Waals surface area contributed by atoms with Crippen LogP contribution < -0.4 is 5.32 Å². The van der Waals surface area contributed by atoms with Crippen LogP contribution in [0.4, 0.5) is 4.39 Å². The number of rotatable bonds is 3. The molecule has 16 heavy (non-hydrogen) atoms. The van der Waals surface area contributed by atoms with Crippen LogP contribution in [0.25, 0.3) is 0 Å². The van der Waals surface area contributed by atoms with E-state index in [2.05, 4.69) is 5.32 Å². The Morgan fingerprint density at radius 1 is 1.38 bits per heavy atom. The first-order valence-corrected chi connectivity index (χ1v) is 6.84. The van der Waals surface area contributed by atoms with Crippen LogP contribution in [0.3, 0.4) is 0 Å². The van der Waals surface area contributed by atoms with E-state index >= 15 is 0 Å². The van der Waals surface area contributed by atoms with Gasteiger partial charge in [-0.2, -0.15) is 0 Å². The Bertz CT molecular complexity index is 348. The molecule has 0 amide bonds. The third-order valence-corrected chi connectivity index (χ3v) is 4.48. The van der Waals surface area contributed by atoms with Gasteiger partial charge in [0.2, 0.25) is 0 Å². The van der Waals surface area contributed by atoms with E-state index in [0.29, 0.717) is 0 Å². The van der Waals surface area contributed by atoms with Crippen molar-refractivity contribution in [1.29, 1.82) is 0 Å². The maximum Gasteiger partial charge on any atom is 0.123 e. The minimum absolute atomic E-state index is 0.135. The summed E-state index contributed by atoms with van der Waals surface area (Å²) in [7, 11) is 0. The van der Waals surface area contributed by atoms with E-state index in [0.717, 1.165) is 30.3 Å². The summed E-state index contributed by atoms with van der Waals surface area (Å²) in [6.45, 7) is 4.27. The molecule has 0 radical (unpaired) electrons. The zero-order valence-electron chi connectivity index (χ0n) is 9.63. The number of piperidine rings is 1. The second-order valence-corrected chi connectivity index (χ2v) is 5.48. The largest absolute Gasteiger partial charge is 0.317 e. The second kappa shape index (κ2) is 5.69. The van der Waals surface area contributed by atoms with Crippen molar-refractivity contribution in [3.8, 4) is 0 Å². The summed E-state index contributed by atoms with van der Waals surface area (Å²) in [5.74, 6) is 1.84. The quantitative estimate of drug-likeness (QED) is 0.813. The van der Waals surface area contributed by atoms with Gasteiger partial charge in [-0.1, -0.05) is 0 Å². The number of halogens is 1. The Hall–Kier alpha value is -0.540. The highest BCUT2D eigenvalue weighted by atomic mass is 32.2.